The van der Waals surface area contributed by atoms with Gasteiger partial charge in [-0.3, -0.25) is 9.52 Å². The van der Waals surface area contributed by atoms with Crippen LogP contribution in [0, 0.1) is 6.92 Å². The van der Waals surface area contributed by atoms with Crippen molar-refractivity contribution in [2.24, 2.45) is 7.05 Å². The number of rotatable bonds is 7. The van der Waals surface area contributed by atoms with Crippen LogP contribution < -0.4 is 18.9 Å². The number of hydrogen-bond acceptors (Lipinski definition) is 7. The molecule has 1 amide bonds. The number of hydrogen-bond donors (Lipinski definition) is 1. The molecule has 1 aliphatic rings. The summed E-state index contributed by atoms with van der Waals surface area (Å²) in [4.78, 5) is 26.7. The van der Waals surface area contributed by atoms with Crippen molar-refractivity contribution in [3.05, 3.63) is 83.0 Å². The Balaban J connectivity index is 1.55. The summed E-state index contributed by atoms with van der Waals surface area (Å²) in [5.41, 5.74) is 3.86. The number of aryl methyl sites for hydroxylation is 2. The second-order valence-corrected chi connectivity index (χ2v) is 9.54. The molecule has 0 spiro atoms. The summed E-state index contributed by atoms with van der Waals surface area (Å²) in [7, 11) is 4.84. The number of carbonyl (C=O) groups excluding carboxylic acids is 2. The minimum atomic E-state index is -0.661. The molecule has 0 radical (unpaired) electrons. The molecule has 190 valence electrons. The molecule has 0 bridgehead atoms. The molecule has 1 aliphatic heterocycles. The quantitative estimate of drug-likeness (QED) is 0.273. The van der Waals surface area contributed by atoms with Gasteiger partial charge < -0.3 is 23.5 Å². The SMILES string of the molecule is COC(=O)c1ccc2c(C(C(=O)NSc3ccc(C)cc3OC)c3ccc4c(c3)OCO4)cn(C)c2c1. The number of esters is 1. The Kier molecular flexibility index (Phi) is 6.71. The molecular formula is C28H26N2O6S. The first-order valence-electron chi connectivity index (χ1n) is 11.6. The van der Waals surface area contributed by atoms with E-state index in [2.05, 4.69) is 4.72 Å². The first-order valence-corrected chi connectivity index (χ1v) is 12.4. The van der Waals surface area contributed by atoms with E-state index in [4.69, 9.17) is 18.9 Å². The molecule has 1 unspecified atom stereocenters. The number of methoxy groups -OCH3 is 2. The summed E-state index contributed by atoms with van der Waals surface area (Å²) in [6.07, 6.45) is 1.91. The average molecular weight is 519 g/mol. The minimum Gasteiger partial charge on any atom is -0.496 e. The zero-order valence-corrected chi connectivity index (χ0v) is 21.7. The molecule has 1 atom stereocenters. The number of carbonyl (C=O) groups is 2. The monoisotopic (exact) mass is 518 g/mol. The number of benzene rings is 3. The highest BCUT2D eigenvalue weighted by Crippen LogP contribution is 2.39. The highest BCUT2D eigenvalue weighted by atomic mass is 32.2. The van der Waals surface area contributed by atoms with Crippen LogP contribution in [-0.4, -0.2) is 37.5 Å². The maximum absolute atomic E-state index is 13.8. The fourth-order valence-electron chi connectivity index (χ4n) is 4.48. The van der Waals surface area contributed by atoms with E-state index in [1.54, 1.807) is 19.2 Å². The summed E-state index contributed by atoms with van der Waals surface area (Å²) < 4.78 is 26.4. The molecule has 5 rings (SSSR count). The van der Waals surface area contributed by atoms with E-state index in [-0.39, 0.29) is 12.7 Å². The summed E-state index contributed by atoms with van der Waals surface area (Å²) in [6, 6.07) is 16.7. The lowest BCUT2D eigenvalue weighted by molar-refractivity contribution is -0.119. The Morgan fingerprint density at radius 2 is 1.84 bits per heavy atom. The Morgan fingerprint density at radius 1 is 1.03 bits per heavy atom. The highest BCUT2D eigenvalue weighted by Gasteiger charge is 2.29. The number of nitrogens with one attached hydrogen (secondary N) is 1. The van der Waals surface area contributed by atoms with E-state index < -0.39 is 11.9 Å². The molecule has 8 nitrogen and oxygen atoms in total. The smallest absolute Gasteiger partial charge is 0.337 e. The van der Waals surface area contributed by atoms with Gasteiger partial charge in [0.15, 0.2) is 11.5 Å². The molecule has 1 N–H and O–H groups in total. The van der Waals surface area contributed by atoms with E-state index in [0.717, 1.165) is 32.5 Å². The topological polar surface area (TPSA) is 88.0 Å². The lowest BCUT2D eigenvalue weighted by Crippen LogP contribution is -2.25. The molecule has 0 saturated carbocycles. The minimum absolute atomic E-state index is 0.142. The molecule has 9 heteroatoms. The van der Waals surface area contributed by atoms with Gasteiger partial charge in [-0.25, -0.2) is 4.79 Å². The van der Waals surface area contributed by atoms with Crippen molar-refractivity contribution >= 4 is 34.7 Å². The van der Waals surface area contributed by atoms with Gasteiger partial charge >= 0.3 is 5.97 Å². The van der Waals surface area contributed by atoms with Gasteiger partial charge in [0.1, 0.15) is 5.75 Å². The Hall–Kier alpha value is -4.11. The van der Waals surface area contributed by atoms with Crippen molar-refractivity contribution in [2.75, 3.05) is 21.0 Å². The fourth-order valence-corrected chi connectivity index (χ4v) is 5.19. The van der Waals surface area contributed by atoms with Crippen molar-refractivity contribution in [3.63, 3.8) is 0 Å². The third-order valence-electron chi connectivity index (χ3n) is 6.33. The third kappa shape index (κ3) is 4.70. The standard InChI is InChI=1S/C28H26N2O6S/c1-16-5-10-25(24(11-16)33-3)37-29-27(31)26(17-7-9-22-23(13-17)36-15-35-22)20-14-30(2)21-12-18(28(32)34-4)6-8-19(20)21/h5-14,26H,15H2,1-4H3,(H,29,31). The van der Waals surface area contributed by atoms with Crippen molar-refractivity contribution < 1.29 is 28.5 Å². The van der Waals surface area contributed by atoms with E-state index in [1.807, 2.05) is 67.2 Å². The molecular weight excluding hydrogens is 492 g/mol. The maximum atomic E-state index is 13.8. The van der Waals surface area contributed by atoms with E-state index in [0.29, 0.717) is 22.8 Å². The second-order valence-electron chi connectivity index (χ2n) is 8.69. The van der Waals surface area contributed by atoms with Gasteiger partial charge in [-0.15, -0.1) is 0 Å². The summed E-state index contributed by atoms with van der Waals surface area (Å²) in [5.74, 6) is 0.629. The Bertz CT molecular complexity index is 1510. The summed E-state index contributed by atoms with van der Waals surface area (Å²) in [6.45, 7) is 2.13. The van der Waals surface area contributed by atoms with E-state index in [1.165, 1.54) is 19.1 Å². The first kappa shape index (κ1) is 24.6. The second kappa shape index (κ2) is 10.1. The molecule has 2 heterocycles. The molecule has 3 aromatic carbocycles. The van der Waals surface area contributed by atoms with Crippen molar-refractivity contribution in [3.8, 4) is 17.2 Å². The molecule has 0 fully saturated rings. The predicted octanol–water partition coefficient (Wildman–Crippen LogP) is 4.97. The van der Waals surface area contributed by atoms with Gasteiger partial charge in [0.25, 0.3) is 0 Å². The maximum Gasteiger partial charge on any atom is 0.337 e. The number of amides is 1. The van der Waals surface area contributed by atoms with Crippen LogP contribution in [0.2, 0.25) is 0 Å². The number of ether oxygens (including phenoxy) is 4. The van der Waals surface area contributed by atoms with Crippen LogP contribution in [-0.2, 0) is 16.6 Å². The normalized spacial score (nSPS) is 12.9. The summed E-state index contributed by atoms with van der Waals surface area (Å²) >= 11 is 1.20. The zero-order valence-electron chi connectivity index (χ0n) is 20.9. The molecule has 1 aromatic heterocycles. The average Bonchev–Trinajstić information content (AvgIpc) is 3.51. The lowest BCUT2D eigenvalue weighted by Gasteiger charge is -2.18. The van der Waals surface area contributed by atoms with E-state index in [9.17, 15) is 9.59 Å². The molecule has 37 heavy (non-hydrogen) atoms. The lowest BCUT2D eigenvalue weighted by atomic mass is 9.90. The van der Waals surface area contributed by atoms with Gasteiger partial charge in [-0.05, 0) is 72.0 Å². The van der Waals surface area contributed by atoms with Crippen molar-refractivity contribution in [1.29, 1.82) is 0 Å². The van der Waals surface area contributed by atoms with Crippen LogP contribution in [0.1, 0.15) is 33.0 Å². The van der Waals surface area contributed by atoms with Gasteiger partial charge in [0, 0.05) is 24.1 Å². The molecule has 0 saturated heterocycles. The van der Waals surface area contributed by atoms with Crippen LogP contribution in [0.15, 0.2) is 65.7 Å². The van der Waals surface area contributed by atoms with Crippen molar-refractivity contribution in [2.45, 2.75) is 17.7 Å². The van der Waals surface area contributed by atoms with Crippen molar-refractivity contribution in [1.82, 2.24) is 9.29 Å². The third-order valence-corrected chi connectivity index (χ3v) is 7.19. The Labute approximate surface area is 218 Å². The van der Waals surface area contributed by atoms with Gasteiger partial charge in [0.05, 0.1) is 30.6 Å². The molecule has 0 aliphatic carbocycles. The van der Waals surface area contributed by atoms with Crippen LogP contribution in [0.4, 0.5) is 0 Å². The Morgan fingerprint density at radius 3 is 2.62 bits per heavy atom. The van der Waals surface area contributed by atoms with Crippen LogP contribution in [0.3, 0.4) is 0 Å². The zero-order chi connectivity index (χ0) is 26.1. The predicted molar refractivity (Wildman–Crippen MR) is 140 cm³/mol. The van der Waals surface area contributed by atoms with Gasteiger partial charge in [-0.1, -0.05) is 18.2 Å². The van der Waals surface area contributed by atoms with Crippen LogP contribution in [0.25, 0.3) is 10.9 Å². The first-order chi connectivity index (χ1) is 17.9. The van der Waals surface area contributed by atoms with Crippen LogP contribution in [0.5, 0.6) is 17.2 Å². The summed E-state index contributed by atoms with van der Waals surface area (Å²) in [5, 5.41) is 0.853. The largest absolute Gasteiger partial charge is 0.496 e. The number of aromatic nitrogens is 1. The fraction of sp³-hybridized carbons (Fsp3) is 0.214. The van der Waals surface area contributed by atoms with Crippen LogP contribution >= 0.6 is 11.9 Å². The number of fused-ring (bicyclic) bond motifs is 2. The van der Waals surface area contributed by atoms with Gasteiger partial charge in [0.2, 0.25) is 12.7 Å². The molecule has 4 aromatic rings. The van der Waals surface area contributed by atoms with E-state index >= 15 is 0 Å². The van der Waals surface area contributed by atoms with Gasteiger partial charge in [-0.2, -0.15) is 0 Å². The highest BCUT2D eigenvalue weighted by molar-refractivity contribution is 7.98. The number of nitrogens with zero attached hydrogens (tertiary/aromatic N) is 1.